The van der Waals surface area contributed by atoms with Gasteiger partial charge >= 0.3 is 0 Å². The first-order chi connectivity index (χ1) is 14.1. The van der Waals surface area contributed by atoms with Crippen molar-refractivity contribution >= 4 is 17.5 Å². The smallest absolute Gasteiger partial charge is 0.225 e. The van der Waals surface area contributed by atoms with E-state index >= 15 is 0 Å². The molecule has 2 aromatic rings. The topological polar surface area (TPSA) is 71.3 Å². The Labute approximate surface area is 174 Å². The number of rotatable bonds is 4. The predicted octanol–water partition coefficient (Wildman–Crippen LogP) is 4.11. The van der Waals surface area contributed by atoms with Crippen molar-refractivity contribution < 1.29 is 13.9 Å². The number of aromatic nitrogens is 2. The fraction of sp³-hybridized carbons (Fsp3) is 0.476. The lowest BCUT2D eigenvalue weighted by molar-refractivity contribution is -0.207. The molecule has 0 radical (unpaired) electrons. The van der Waals surface area contributed by atoms with Crippen molar-refractivity contribution in [2.75, 3.05) is 31.2 Å². The van der Waals surface area contributed by atoms with Crippen LogP contribution in [0.25, 0.3) is 0 Å². The Bertz CT molecular complexity index is 873. The molecule has 0 spiro atoms. The van der Waals surface area contributed by atoms with Crippen LogP contribution in [0.1, 0.15) is 36.7 Å². The molecule has 4 rings (SSSR count). The number of hydrogen-bond acceptors (Lipinski definition) is 6. The van der Waals surface area contributed by atoms with Crippen LogP contribution in [0.2, 0.25) is 5.02 Å². The van der Waals surface area contributed by atoms with Gasteiger partial charge in [0.05, 0.1) is 36.2 Å². The van der Waals surface area contributed by atoms with Crippen molar-refractivity contribution in [3.05, 3.63) is 52.6 Å². The molecule has 8 heteroatoms. The molecule has 152 valence electrons. The second-order valence-corrected chi connectivity index (χ2v) is 8.02. The van der Waals surface area contributed by atoms with E-state index in [1.54, 1.807) is 18.5 Å². The molecule has 1 aromatic heterocycles. The van der Waals surface area contributed by atoms with Gasteiger partial charge in [-0.3, -0.25) is 0 Å². The highest BCUT2D eigenvalue weighted by molar-refractivity contribution is 6.30. The van der Waals surface area contributed by atoms with E-state index in [4.69, 9.17) is 26.3 Å². The Morgan fingerprint density at radius 2 is 1.83 bits per heavy atom. The molecule has 0 atom stereocenters. The van der Waals surface area contributed by atoms with Crippen LogP contribution in [-0.4, -0.2) is 36.3 Å². The minimum Gasteiger partial charge on any atom is -0.348 e. The van der Waals surface area contributed by atoms with Gasteiger partial charge in [-0.25, -0.2) is 14.4 Å². The number of ether oxygens (including phenoxy) is 2. The van der Waals surface area contributed by atoms with E-state index in [2.05, 4.69) is 14.9 Å². The van der Waals surface area contributed by atoms with Crippen molar-refractivity contribution in [3.63, 3.8) is 0 Å². The zero-order valence-corrected chi connectivity index (χ0v) is 16.7. The second kappa shape index (κ2) is 9.04. The number of benzene rings is 1. The van der Waals surface area contributed by atoms with Gasteiger partial charge in [0.2, 0.25) is 5.95 Å². The number of nitriles is 1. The summed E-state index contributed by atoms with van der Waals surface area (Å²) in [6.45, 7) is 3.03. The fourth-order valence-electron chi connectivity index (χ4n) is 3.95. The molecule has 2 aliphatic heterocycles. The van der Waals surface area contributed by atoms with Crippen LogP contribution in [0.15, 0.2) is 30.6 Å². The Hall–Kier alpha value is -2.27. The fourth-order valence-corrected chi connectivity index (χ4v) is 4.05. The number of anilines is 1. The molecule has 1 aromatic carbocycles. The quantitative estimate of drug-likeness (QED) is 0.746. The second-order valence-electron chi connectivity index (χ2n) is 7.58. The number of hydrogen-bond donors (Lipinski definition) is 0. The summed E-state index contributed by atoms with van der Waals surface area (Å²) in [5.74, 6) is 1.13. The number of halogens is 2. The summed E-state index contributed by atoms with van der Waals surface area (Å²) in [6, 6.07) is 6.28. The Balaban J connectivity index is 1.24. The summed E-state index contributed by atoms with van der Waals surface area (Å²) in [4.78, 5) is 10.8. The molecule has 3 heterocycles. The van der Waals surface area contributed by atoms with E-state index < -0.39 is 12.1 Å². The highest BCUT2D eigenvalue weighted by atomic mass is 35.5. The summed E-state index contributed by atoms with van der Waals surface area (Å²) < 4.78 is 25.5. The number of nitrogens with zero attached hydrogens (tertiary/aromatic N) is 4. The first-order valence-electron chi connectivity index (χ1n) is 9.77. The van der Waals surface area contributed by atoms with Crippen LogP contribution >= 0.6 is 11.6 Å². The van der Waals surface area contributed by atoms with Crippen LogP contribution in [0, 0.1) is 29.0 Å². The van der Waals surface area contributed by atoms with Gasteiger partial charge in [0.15, 0.2) is 6.29 Å². The molecule has 6 nitrogen and oxygen atoms in total. The Morgan fingerprint density at radius 3 is 2.45 bits per heavy atom. The molecule has 2 aliphatic rings. The predicted molar refractivity (Wildman–Crippen MR) is 106 cm³/mol. The van der Waals surface area contributed by atoms with E-state index in [0.29, 0.717) is 35.6 Å². The van der Waals surface area contributed by atoms with E-state index in [-0.39, 0.29) is 5.56 Å². The monoisotopic (exact) mass is 416 g/mol. The summed E-state index contributed by atoms with van der Waals surface area (Å²) in [7, 11) is 0. The average Bonchev–Trinajstić information content (AvgIpc) is 2.75. The first kappa shape index (κ1) is 20.0. The summed E-state index contributed by atoms with van der Waals surface area (Å²) >= 11 is 5.85. The van der Waals surface area contributed by atoms with E-state index in [9.17, 15) is 4.39 Å². The molecule has 2 fully saturated rings. The third-order valence-electron chi connectivity index (χ3n) is 5.52. The maximum atomic E-state index is 13.8. The van der Waals surface area contributed by atoms with Gasteiger partial charge in [-0.15, -0.1) is 0 Å². The molecule has 29 heavy (non-hydrogen) atoms. The van der Waals surface area contributed by atoms with Gasteiger partial charge in [0.25, 0.3) is 0 Å². The lowest BCUT2D eigenvalue weighted by Gasteiger charge is -2.35. The molecule has 2 saturated heterocycles. The largest absolute Gasteiger partial charge is 0.348 e. The van der Waals surface area contributed by atoms with Gasteiger partial charge in [-0.1, -0.05) is 17.7 Å². The maximum absolute atomic E-state index is 13.8. The van der Waals surface area contributed by atoms with Crippen molar-refractivity contribution in [2.24, 2.45) is 11.8 Å². The molecule has 0 aliphatic carbocycles. The van der Waals surface area contributed by atoms with E-state index in [1.807, 2.05) is 6.07 Å². The van der Waals surface area contributed by atoms with Crippen molar-refractivity contribution in [1.82, 2.24) is 9.97 Å². The zero-order chi connectivity index (χ0) is 20.2. The van der Waals surface area contributed by atoms with Crippen molar-refractivity contribution in [2.45, 2.75) is 25.6 Å². The molecule has 0 saturated carbocycles. The summed E-state index contributed by atoms with van der Waals surface area (Å²) in [5, 5.41) is 9.38. The SMILES string of the molecule is N#Cc1ccc([C@H]2OC[C@H](CC3CCN(c4ncc(Cl)cn4)CC3)CO2)cc1F. The Morgan fingerprint density at radius 1 is 1.14 bits per heavy atom. The van der Waals surface area contributed by atoms with Gasteiger partial charge in [0.1, 0.15) is 11.9 Å². The van der Waals surface area contributed by atoms with Crippen LogP contribution in [0.5, 0.6) is 0 Å². The first-order valence-corrected chi connectivity index (χ1v) is 10.2. The van der Waals surface area contributed by atoms with Gasteiger partial charge in [-0.05, 0) is 37.3 Å². The minimum atomic E-state index is -0.572. The highest BCUT2D eigenvalue weighted by Crippen LogP contribution is 2.32. The lowest BCUT2D eigenvalue weighted by atomic mass is 9.87. The van der Waals surface area contributed by atoms with Crippen molar-refractivity contribution in [1.29, 1.82) is 5.26 Å². The minimum absolute atomic E-state index is 0.0257. The average molecular weight is 417 g/mol. The van der Waals surface area contributed by atoms with E-state index in [1.165, 1.54) is 12.1 Å². The number of piperidine rings is 1. The van der Waals surface area contributed by atoms with E-state index in [0.717, 1.165) is 38.3 Å². The standard InChI is InChI=1S/C21H22ClFN4O2/c22-18-10-25-21(26-11-18)27-5-3-14(4-6-27)7-15-12-28-20(29-13-15)16-1-2-17(9-24)19(23)8-16/h1-2,8,10-11,14-15,20H,3-7,12-13H2/t15-,20-. The molecule has 0 N–H and O–H groups in total. The molecule has 0 bridgehead atoms. The zero-order valence-electron chi connectivity index (χ0n) is 15.9. The maximum Gasteiger partial charge on any atom is 0.225 e. The van der Waals surface area contributed by atoms with Crippen LogP contribution in [0.4, 0.5) is 10.3 Å². The normalized spacial score (nSPS) is 23.0. The van der Waals surface area contributed by atoms with Gasteiger partial charge in [0, 0.05) is 24.6 Å². The van der Waals surface area contributed by atoms with Crippen molar-refractivity contribution in [3.8, 4) is 6.07 Å². The molecular formula is C21H22ClFN4O2. The van der Waals surface area contributed by atoms with Crippen LogP contribution in [0.3, 0.4) is 0 Å². The molecular weight excluding hydrogens is 395 g/mol. The van der Waals surface area contributed by atoms with Crippen LogP contribution in [-0.2, 0) is 9.47 Å². The lowest BCUT2D eigenvalue weighted by Crippen LogP contribution is -2.37. The van der Waals surface area contributed by atoms with Crippen LogP contribution < -0.4 is 4.90 Å². The van der Waals surface area contributed by atoms with Gasteiger partial charge in [-0.2, -0.15) is 5.26 Å². The third-order valence-corrected chi connectivity index (χ3v) is 5.72. The Kier molecular flexibility index (Phi) is 6.24. The molecule has 0 unspecified atom stereocenters. The summed E-state index contributed by atoms with van der Waals surface area (Å²) in [6.07, 6.45) is 5.88. The summed E-state index contributed by atoms with van der Waals surface area (Å²) in [5.41, 5.74) is 0.633. The molecule has 0 amide bonds. The highest BCUT2D eigenvalue weighted by Gasteiger charge is 2.28. The van der Waals surface area contributed by atoms with Gasteiger partial charge < -0.3 is 14.4 Å². The third kappa shape index (κ3) is 4.84.